The van der Waals surface area contributed by atoms with Gasteiger partial charge in [-0.2, -0.15) is 0 Å². The molecule has 0 saturated carbocycles. The average Bonchev–Trinajstić information content (AvgIpc) is 0.786. The molecule has 3 saturated heterocycles. The Labute approximate surface area is 575 Å². The zero-order valence-electron chi connectivity index (χ0n) is 59.7. The Morgan fingerprint density at radius 2 is 0.663 bits per heavy atom. The third-order valence-electron chi connectivity index (χ3n) is 19.7. The molecule has 3 heterocycles. The van der Waals surface area contributed by atoms with Gasteiger partial charge in [-0.3, -0.25) is 4.79 Å². The molecule has 3 rings (SSSR count). The van der Waals surface area contributed by atoms with E-state index >= 15 is 0 Å². The third-order valence-corrected chi connectivity index (χ3v) is 19.7. The average molecular weight is 1360 g/mol. The van der Waals surface area contributed by atoms with E-state index in [2.05, 4.69) is 31.3 Å². The fourth-order valence-electron chi connectivity index (χ4n) is 13.4. The van der Waals surface area contributed by atoms with Crippen LogP contribution in [0.4, 0.5) is 0 Å². The molecule has 0 radical (unpaired) electrons. The van der Waals surface area contributed by atoms with E-state index in [1.54, 1.807) is 6.08 Å². The van der Waals surface area contributed by atoms with Gasteiger partial charge >= 0.3 is 0 Å². The Hall–Kier alpha value is -1.73. The van der Waals surface area contributed by atoms with E-state index < -0.39 is 124 Å². The fraction of sp³-hybridized carbons (Fsp3) is 0.934. The lowest BCUT2D eigenvalue weighted by Crippen LogP contribution is -2.66. The van der Waals surface area contributed by atoms with E-state index in [1.165, 1.54) is 250 Å². The molecule has 0 aliphatic carbocycles. The summed E-state index contributed by atoms with van der Waals surface area (Å²) in [6.07, 6.45) is 41.7. The van der Waals surface area contributed by atoms with Gasteiger partial charge in [-0.1, -0.05) is 295 Å². The Morgan fingerprint density at radius 1 is 0.368 bits per heavy atom. The van der Waals surface area contributed by atoms with Gasteiger partial charge in [0.1, 0.15) is 73.2 Å². The zero-order valence-corrected chi connectivity index (χ0v) is 59.7. The van der Waals surface area contributed by atoms with E-state index in [0.29, 0.717) is 6.42 Å². The number of ether oxygens (including phenoxy) is 6. The minimum atomic E-state index is -1.98. The number of carbonyl (C=O) groups is 1. The van der Waals surface area contributed by atoms with Crippen molar-refractivity contribution in [2.24, 2.45) is 0 Å². The molecular weight excluding hydrogens is 1210 g/mol. The Balaban J connectivity index is 1.35. The van der Waals surface area contributed by atoms with Crippen molar-refractivity contribution < 1.29 is 89.4 Å². The predicted octanol–water partition coefficient (Wildman–Crippen LogP) is 12.2. The maximum Gasteiger partial charge on any atom is 0.220 e. The quantitative estimate of drug-likeness (QED) is 0.0199. The first-order valence-electron chi connectivity index (χ1n) is 39.1. The zero-order chi connectivity index (χ0) is 68.9. The SMILES string of the molecule is CCCCCCCCCC/C=C\CCCCCCCCCCCCCCCCCCCCCCCC(=O)NC(COC1OC(CO)C(OC2OC(CO)C(OC3OC(CO)C(O)C(O)C3O)C(O)C2O)C(O)C1O)C(O)/C=C/CCCCCCCCCCCCCCCCC. The predicted molar refractivity (Wildman–Crippen MR) is 374 cm³/mol. The van der Waals surface area contributed by atoms with Crippen LogP contribution in [0.3, 0.4) is 0 Å². The monoisotopic (exact) mass is 1360 g/mol. The number of nitrogens with one attached hydrogen (secondary N) is 1. The lowest BCUT2D eigenvalue weighted by molar-refractivity contribution is -0.379. The van der Waals surface area contributed by atoms with Crippen LogP contribution in [-0.4, -0.2) is 193 Å². The van der Waals surface area contributed by atoms with Crippen molar-refractivity contribution in [2.75, 3.05) is 26.4 Å². The van der Waals surface area contributed by atoms with Crippen molar-refractivity contribution in [3.63, 3.8) is 0 Å². The van der Waals surface area contributed by atoms with Gasteiger partial charge in [-0.15, -0.1) is 0 Å². The number of aliphatic hydroxyl groups is 11. The van der Waals surface area contributed by atoms with E-state index in [1.807, 2.05) is 6.08 Å². The molecule has 0 bridgehead atoms. The topological polar surface area (TPSA) is 307 Å². The molecule has 560 valence electrons. The Morgan fingerprint density at radius 3 is 1.02 bits per heavy atom. The minimum Gasteiger partial charge on any atom is -0.394 e. The molecule has 95 heavy (non-hydrogen) atoms. The van der Waals surface area contributed by atoms with Crippen molar-refractivity contribution >= 4 is 5.91 Å². The number of unbranched alkanes of at least 4 members (excludes halogenated alkanes) is 44. The lowest BCUT2D eigenvalue weighted by Gasteiger charge is -2.48. The van der Waals surface area contributed by atoms with Gasteiger partial charge in [0.2, 0.25) is 5.91 Å². The highest BCUT2D eigenvalue weighted by Crippen LogP contribution is 2.33. The van der Waals surface area contributed by atoms with E-state index in [-0.39, 0.29) is 18.9 Å². The summed E-state index contributed by atoms with van der Waals surface area (Å²) in [5, 5.41) is 121. The van der Waals surface area contributed by atoms with Crippen molar-refractivity contribution in [3.05, 3.63) is 24.3 Å². The number of rotatable bonds is 62. The largest absolute Gasteiger partial charge is 0.394 e. The van der Waals surface area contributed by atoms with Gasteiger partial charge in [-0.05, 0) is 44.9 Å². The standard InChI is InChI=1S/C76H143NO18/c1-3-5-7-9-11-13-15-17-19-21-22-23-24-25-26-27-28-29-30-31-32-33-34-35-36-38-40-42-44-46-48-50-52-54-64(82)77-59(60(81)53-51-49-47-45-43-41-39-37-20-18-16-14-12-10-8-6-4-2)58-90-74-70(88)67(85)72(62(56-79)92-74)95-76-71(89)68(86)73(63(57-80)93-76)94-75-69(87)66(84)65(83)61(55-78)91-75/h21-22,51,53,59-63,65-76,78-81,83-89H,3-20,23-50,52,54-58H2,1-2H3,(H,77,82)/b22-21-,53-51+. The summed E-state index contributed by atoms with van der Waals surface area (Å²) in [5.41, 5.74) is 0. The van der Waals surface area contributed by atoms with Gasteiger partial charge < -0.3 is 89.9 Å². The molecule has 0 aromatic rings. The smallest absolute Gasteiger partial charge is 0.220 e. The third kappa shape index (κ3) is 38.8. The first kappa shape index (κ1) is 87.5. The second kappa shape index (κ2) is 57.8. The van der Waals surface area contributed by atoms with Gasteiger partial charge in [0.25, 0.3) is 0 Å². The molecular formula is C76H143NO18. The first-order valence-corrected chi connectivity index (χ1v) is 39.1. The summed E-state index contributed by atoms with van der Waals surface area (Å²) in [4.78, 5) is 13.4. The number of hydrogen-bond acceptors (Lipinski definition) is 18. The minimum absolute atomic E-state index is 0.248. The van der Waals surface area contributed by atoms with Gasteiger partial charge in [0, 0.05) is 6.42 Å². The molecule has 3 aliphatic heterocycles. The normalized spacial score (nSPS) is 27.3. The number of carbonyl (C=O) groups excluding carboxylic acids is 1. The molecule has 3 aliphatic rings. The molecule has 19 nitrogen and oxygen atoms in total. The molecule has 3 fully saturated rings. The van der Waals surface area contributed by atoms with E-state index in [0.717, 1.165) is 44.9 Å². The molecule has 12 N–H and O–H groups in total. The van der Waals surface area contributed by atoms with E-state index in [4.69, 9.17) is 28.4 Å². The highest BCUT2D eigenvalue weighted by Gasteiger charge is 2.53. The highest BCUT2D eigenvalue weighted by atomic mass is 16.8. The molecule has 17 atom stereocenters. The lowest BCUT2D eigenvalue weighted by atomic mass is 9.96. The number of allylic oxidation sites excluding steroid dienone is 3. The first-order chi connectivity index (χ1) is 46.3. The second-order valence-corrected chi connectivity index (χ2v) is 28.2. The van der Waals surface area contributed by atoms with Crippen LogP contribution in [-0.2, 0) is 33.2 Å². The number of amides is 1. The summed E-state index contributed by atoms with van der Waals surface area (Å²) >= 11 is 0. The van der Waals surface area contributed by atoms with Crippen molar-refractivity contribution in [1.82, 2.24) is 5.32 Å². The Kier molecular flexibility index (Phi) is 53.3. The van der Waals surface area contributed by atoms with Crippen LogP contribution in [0.15, 0.2) is 24.3 Å². The Bertz CT molecular complexity index is 1810. The summed E-state index contributed by atoms with van der Waals surface area (Å²) in [6.45, 7) is 1.78. The van der Waals surface area contributed by atoms with E-state index in [9.17, 15) is 61.0 Å². The summed E-state index contributed by atoms with van der Waals surface area (Å²) in [6, 6.07) is -0.970. The van der Waals surface area contributed by atoms with Crippen LogP contribution in [0.2, 0.25) is 0 Å². The summed E-state index contributed by atoms with van der Waals surface area (Å²) in [5.74, 6) is -0.269. The molecule has 0 aromatic heterocycles. The van der Waals surface area contributed by atoms with Crippen LogP contribution >= 0.6 is 0 Å². The maximum absolute atomic E-state index is 13.4. The van der Waals surface area contributed by atoms with Gasteiger partial charge in [0.15, 0.2) is 18.9 Å². The highest BCUT2D eigenvalue weighted by molar-refractivity contribution is 5.76. The van der Waals surface area contributed by atoms with Crippen molar-refractivity contribution in [2.45, 2.75) is 426 Å². The van der Waals surface area contributed by atoms with Crippen LogP contribution in [0.5, 0.6) is 0 Å². The van der Waals surface area contributed by atoms with Gasteiger partial charge in [0.05, 0.1) is 38.6 Å². The fourth-order valence-corrected chi connectivity index (χ4v) is 13.4. The van der Waals surface area contributed by atoms with Gasteiger partial charge in [-0.25, -0.2) is 0 Å². The van der Waals surface area contributed by atoms with Crippen LogP contribution in [0.1, 0.15) is 322 Å². The van der Waals surface area contributed by atoms with Crippen LogP contribution in [0, 0.1) is 0 Å². The molecule has 19 heteroatoms. The maximum atomic E-state index is 13.4. The number of hydrogen-bond donors (Lipinski definition) is 12. The van der Waals surface area contributed by atoms with Crippen LogP contribution in [0.25, 0.3) is 0 Å². The molecule has 17 unspecified atom stereocenters. The molecule has 0 spiro atoms. The molecule has 0 aromatic carbocycles. The van der Waals surface area contributed by atoms with Crippen molar-refractivity contribution in [1.29, 1.82) is 0 Å². The summed E-state index contributed by atoms with van der Waals surface area (Å²) in [7, 11) is 0. The second-order valence-electron chi connectivity index (χ2n) is 28.2. The number of aliphatic hydroxyl groups excluding tert-OH is 11. The van der Waals surface area contributed by atoms with Crippen LogP contribution < -0.4 is 5.32 Å². The van der Waals surface area contributed by atoms with Crippen molar-refractivity contribution in [3.8, 4) is 0 Å². The molecule has 1 amide bonds. The summed E-state index contributed by atoms with van der Waals surface area (Å²) < 4.78 is 34.4.